The Balaban J connectivity index is 3.83. The van der Waals surface area contributed by atoms with Gasteiger partial charge in [-0.05, 0) is 0 Å². The molecule has 0 aliphatic carbocycles. The lowest BCUT2D eigenvalue weighted by Crippen LogP contribution is -1.83. The molecule has 0 fully saturated rings. The van der Waals surface area contributed by atoms with Crippen LogP contribution in [0.4, 0.5) is 0 Å². The molecule has 0 aromatic heterocycles. The van der Waals surface area contributed by atoms with E-state index in [1.807, 2.05) is 0 Å². The lowest BCUT2D eigenvalue weighted by atomic mass is 11.0. The van der Waals surface area contributed by atoms with Gasteiger partial charge in [0.05, 0.1) is 14.2 Å². The number of methoxy groups -OCH3 is 2. The minimum absolute atomic E-state index is 0.385. The van der Waals surface area contributed by atoms with Crippen LogP contribution in [0.3, 0.4) is 0 Å². The summed E-state index contributed by atoms with van der Waals surface area (Å²) < 4.78 is 9.29. The van der Waals surface area contributed by atoms with Gasteiger partial charge in [-0.2, -0.15) is 0 Å². The monoisotopic (exact) mass is 152 g/mol. The molecular weight excluding hydrogens is 144 g/mol. The van der Waals surface area contributed by atoms with Crippen LogP contribution in [0.15, 0.2) is 10.2 Å². The maximum atomic E-state index is 4.65. The molecule has 0 rings (SSSR count). The number of hydrogen-bond acceptors (Lipinski definition) is 4. The quantitative estimate of drug-likeness (QED) is 0.458. The minimum Gasteiger partial charge on any atom is -0.487 e. The Morgan fingerprint density at radius 2 is 1.25 bits per heavy atom. The smallest absolute Gasteiger partial charge is 0.199 e. The van der Waals surface area contributed by atoms with E-state index in [4.69, 9.17) is 0 Å². The SMILES string of the molecule is CO/C(S)=C(/S)OC. The molecule has 4 heteroatoms. The molecule has 0 radical (unpaired) electrons. The van der Waals surface area contributed by atoms with E-state index in [1.54, 1.807) is 0 Å². The lowest BCUT2D eigenvalue weighted by molar-refractivity contribution is 0.267. The van der Waals surface area contributed by atoms with Crippen LogP contribution in [-0.2, 0) is 9.47 Å². The molecule has 0 saturated heterocycles. The molecule has 0 atom stereocenters. The standard InChI is InChI=1S/C4H8O2S2/c1-5-3(7)4(8)6-2/h7-8H,1-2H3/b4-3-. The first-order chi connectivity index (χ1) is 3.72. The van der Waals surface area contributed by atoms with Gasteiger partial charge in [0.25, 0.3) is 0 Å². The van der Waals surface area contributed by atoms with Crippen LogP contribution in [0, 0.1) is 0 Å². The Morgan fingerprint density at radius 1 is 1.00 bits per heavy atom. The number of ether oxygens (including phenoxy) is 2. The van der Waals surface area contributed by atoms with Crippen molar-refractivity contribution in [2.75, 3.05) is 14.2 Å². The average molecular weight is 152 g/mol. The van der Waals surface area contributed by atoms with E-state index in [1.165, 1.54) is 14.2 Å². The summed E-state index contributed by atoms with van der Waals surface area (Å²) >= 11 is 7.72. The van der Waals surface area contributed by atoms with Crippen molar-refractivity contribution in [2.24, 2.45) is 0 Å². The van der Waals surface area contributed by atoms with Gasteiger partial charge in [-0.15, -0.1) is 25.3 Å². The predicted molar refractivity (Wildman–Crippen MR) is 39.0 cm³/mol. The van der Waals surface area contributed by atoms with Crippen molar-refractivity contribution in [1.82, 2.24) is 0 Å². The second-order valence-corrected chi connectivity index (χ2v) is 1.83. The fourth-order valence-electron chi connectivity index (χ4n) is 0.175. The molecule has 2 nitrogen and oxygen atoms in total. The van der Waals surface area contributed by atoms with Crippen molar-refractivity contribution < 1.29 is 9.47 Å². The van der Waals surface area contributed by atoms with Crippen LogP contribution < -0.4 is 0 Å². The molecule has 8 heavy (non-hydrogen) atoms. The van der Waals surface area contributed by atoms with Gasteiger partial charge in [0, 0.05) is 0 Å². The van der Waals surface area contributed by atoms with Gasteiger partial charge in [0.1, 0.15) is 0 Å². The number of hydrogen-bond donors (Lipinski definition) is 2. The average Bonchev–Trinajstić information content (AvgIpc) is 1.84. The molecule has 0 unspecified atom stereocenters. The molecule has 0 aliphatic rings. The zero-order valence-corrected chi connectivity index (χ0v) is 6.50. The summed E-state index contributed by atoms with van der Waals surface area (Å²) in [4.78, 5) is 0. The largest absolute Gasteiger partial charge is 0.487 e. The Morgan fingerprint density at radius 3 is 1.38 bits per heavy atom. The predicted octanol–water partition coefficient (Wildman–Crippen LogP) is 1.27. The highest BCUT2D eigenvalue weighted by molar-refractivity contribution is 7.88. The first kappa shape index (κ1) is 8.04. The van der Waals surface area contributed by atoms with Crippen LogP contribution in [0.5, 0.6) is 0 Å². The zero-order valence-electron chi connectivity index (χ0n) is 4.71. The fraction of sp³-hybridized carbons (Fsp3) is 0.500. The lowest BCUT2D eigenvalue weighted by Gasteiger charge is -2.00. The maximum absolute atomic E-state index is 4.65. The van der Waals surface area contributed by atoms with Gasteiger partial charge in [-0.3, -0.25) is 0 Å². The van der Waals surface area contributed by atoms with Crippen molar-refractivity contribution in [2.45, 2.75) is 0 Å². The molecule has 0 heterocycles. The first-order valence-electron chi connectivity index (χ1n) is 1.92. The van der Waals surface area contributed by atoms with E-state index < -0.39 is 0 Å². The zero-order chi connectivity index (χ0) is 6.57. The summed E-state index contributed by atoms with van der Waals surface area (Å²) in [6, 6.07) is 0. The molecule has 48 valence electrons. The molecule has 0 spiro atoms. The fourth-order valence-corrected chi connectivity index (χ4v) is 0.357. The molecular formula is C4H8O2S2. The summed E-state index contributed by atoms with van der Waals surface area (Å²) in [5.74, 6) is 0. The third kappa shape index (κ3) is 2.37. The molecule has 0 aromatic rings. The van der Waals surface area contributed by atoms with E-state index in [0.717, 1.165) is 0 Å². The molecule has 0 N–H and O–H groups in total. The van der Waals surface area contributed by atoms with Gasteiger partial charge in [0.2, 0.25) is 0 Å². The minimum atomic E-state index is 0.385. The van der Waals surface area contributed by atoms with E-state index >= 15 is 0 Å². The molecule has 0 bridgehead atoms. The van der Waals surface area contributed by atoms with E-state index in [9.17, 15) is 0 Å². The Labute approximate surface area is 59.7 Å². The van der Waals surface area contributed by atoms with E-state index in [-0.39, 0.29) is 0 Å². The Kier molecular flexibility index (Phi) is 3.99. The summed E-state index contributed by atoms with van der Waals surface area (Å²) in [5.41, 5.74) is 0. The number of rotatable bonds is 2. The van der Waals surface area contributed by atoms with E-state index in [2.05, 4.69) is 34.7 Å². The van der Waals surface area contributed by atoms with Gasteiger partial charge in [-0.25, -0.2) is 0 Å². The van der Waals surface area contributed by atoms with Crippen molar-refractivity contribution >= 4 is 25.3 Å². The topological polar surface area (TPSA) is 18.5 Å². The summed E-state index contributed by atoms with van der Waals surface area (Å²) in [6.07, 6.45) is 0. The summed E-state index contributed by atoms with van der Waals surface area (Å²) in [7, 11) is 3.00. The van der Waals surface area contributed by atoms with Gasteiger partial charge < -0.3 is 9.47 Å². The van der Waals surface area contributed by atoms with Crippen LogP contribution in [-0.4, -0.2) is 14.2 Å². The van der Waals surface area contributed by atoms with Crippen molar-refractivity contribution in [1.29, 1.82) is 0 Å². The van der Waals surface area contributed by atoms with Gasteiger partial charge in [0.15, 0.2) is 10.2 Å². The van der Waals surface area contributed by atoms with Gasteiger partial charge >= 0.3 is 0 Å². The summed E-state index contributed by atoms with van der Waals surface area (Å²) in [5, 5.41) is 0.770. The van der Waals surface area contributed by atoms with Crippen molar-refractivity contribution in [3.05, 3.63) is 10.2 Å². The molecule has 0 amide bonds. The second-order valence-electron chi connectivity index (χ2n) is 1.02. The van der Waals surface area contributed by atoms with Gasteiger partial charge in [-0.1, -0.05) is 0 Å². The molecule has 0 aromatic carbocycles. The second kappa shape index (κ2) is 3.97. The van der Waals surface area contributed by atoms with Crippen LogP contribution in [0.1, 0.15) is 0 Å². The maximum Gasteiger partial charge on any atom is 0.199 e. The normalized spacial score (nSPS) is 12.5. The highest BCUT2D eigenvalue weighted by atomic mass is 32.1. The third-order valence-corrected chi connectivity index (χ3v) is 1.52. The molecule has 0 saturated carbocycles. The molecule has 0 aliphatic heterocycles. The van der Waals surface area contributed by atoms with E-state index in [0.29, 0.717) is 10.2 Å². The van der Waals surface area contributed by atoms with Crippen LogP contribution in [0.25, 0.3) is 0 Å². The van der Waals surface area contributed by atoms with Crippen LogP contribution >= 0.6 is 25.3 Å². The number of thiol groups is 2. The van der Waals surface area contributed by atoms with Crippen molar-refractivity contribution in [3.63, 3.8) is 0 Å². The third-order valence-electron chi connectivity index (χ3n) is 0.570. The Bertz CT molecular complexity index is 88.2. The Hall–Kier alpha value is 0.0400. The highest BCUT2D eigenvalue weighted by Crippen LogP contribution is 2.12. The van der Waals surface area contributed by atoms with Crippen LogP contribution in [0.2, 0.25) is 0 Å². The van der Waals surface area contributed by atoms with Crippen molar-refractivity contribution in [3.8, 4) is 0 Å². The summed E-state index contributed by atoms with van der Waals surface area (Å²) in [6.45, 7) is 0. The highest BCUT2D eigenvalue weighted by Gasteiger charge is 1.93. The first-order valence-corrected chi connectivity index (χ1v) is 2.82.